The van der Waals surface area contributed by atoms with Crippen molar-refractivity contribution in [2.75, 3.05) is 19.6 Å². The highest BCUT2D eigenvalue weighted by atomic mass is 16.4. The summed E-state index contributed by atoms with van der Waals surface area (Å²) in [5.41, 5.74) is 0. The van der Waals surface area contributed by atoms with Gasteiger partial charge in [0, 0.05) is 6.04 Å². The fourth-order valence-electron chi connectivity index (χ4n) is 1.97. The lowest BCUT2D eigenvalue weighted by molar-refractivity contribution is -0.122. The maximum Gasteiger partial charge on any atom is 0.234 e. The normalized spacial score (nSPS) is 16.8. The van der Waals surface area contributed by atoms with Crippen molar-refractivity contribution in [3.63, 3.8) is 0 Å². The first kappa shape index (κ1) is 13.1. The standard InChI is InChI=1S/C13H20N2O3/c1-2-15(10-5-6-10)9-13(17)14-8-11(16)12-4-3-7-18-12/h3-4,7,10-11,16H,2,5-6,8-9H2,1H3,(H,14,17). The van der Waals surface area contributed by atoms with E-state index in [0.717, 1.165) is 6.54 Å². The Bertz CT molecular complexity index is 374. The summed E-state index contributed by atoms with van der Waals surface area (Å²) in [4.78, 5) is 13.9. The molecule has 0 radical (unpaired) electrons. The molecule has 2 N–H and O–H groups in total. The second-order valence-electron chi connectivity index (χ2n) is 4.63. The van der Waals surface area contributed by atoms with Gasteiger partial charge in [0.25, 0.3) is 0 Å². The van der Waals surface area contributed by atoms with E-state index in [9.17, 15) is 9.90 Å². The van der Waals surface area contributed by atoms with Crippen molar-refractivity contribution in [1.82, 2.24) is 10.2 Å². The zero-order valence-electron chi connectivity index (χ0n) is 10.6. The monoisotopic (exact) mass is 252 g/mol. The molecular formula is C13H20N2O3. The highest BCUT2D eigenvalue weighted by Crippen LogP contribution is 2.25. The number of hydrogen-bond donors (Lipinski definition) is 2. The topological polar surface area (TPSA) is 65.7 Å². The average Bonchev–Trinajstić information content (AvgIpc) is 3.07. The number of nitrogens with zero attached hydrogens (tertiary/aromatic N) is 1. The van der Waals surface area contributed by atoms with Gasteiger partial charge in [-0.05, 0) is 31.5 Å². The highest BCUT2D eigenvalue weighted by Gasteiger charge is 2.29. The van der Waals surface area contributed by atoms with Crippen molar-refractivity contribution in [3.05, 3.63) is 24.2 Å². The number of amides is 1. The molecule has 0 spiro atoms. The zero-order chi connectivity index (χ0) is 13.0. The van der Waals surface area contributed by atoms with Gasteiger partial charge in [-0.1, -0.05) is 6.92 Å². The summed E-state index contributed by atoms with van der Waals surface area (Å²) >= 11 is 0. The lowest BCUT2D eigenvalue weighted by Crippen LogP contribution is -2.39. The van der Waals surface area contributed by atoms with Gasteiger partial charge in [0.15, 0.2) is 0 Å². The fraction of sp³-hybridized carbons (Fsp3) is 0.615. The Hall–Kier alpha value is -1.33. The van der Waals surface area contributed by atoms with Crippen molar-refractivity contribution in [1.29, 1.82) is 0 Å². The molecule has 1 saturated carbocycles. The van der Waals surface area contributed by atoms with Crippen LogP contribution in [0, 0.1) is 0 Å². The second-order valence-corrected chi connectivity index (χ2v) is 4.63. The van der Waals surface area contributed by atoms with E-state index in [1.807, 2.05) is 0 Å². The van der Waals surface area contributed by atoms with Crippen LogP contribution in [0.4, 0.5) is 0 Å². The molecule has 5 nitrogen and oxygen atoms in total. The summed E-state index contributed by atoms with van der Waals surface area (Å²) in [5, 5.41) is 12.5. The molecule has 1 fully saturated rings. The number of likely N-dealkylation sites (N-methyl/N-ethyl adjacent to an activating group) is 1. The number of rotatable bonds is 7. The molecule has 1 unspecified atom stereocenters. The Morgan fingerprint density at radius 1 is 1.67 bits per heavy atom. The first-order chi connectivity index (χ1) is 8.70. The zero-order valence-corrected chi connectivity index (χ0v) is 10.6. The molecule has 1 aromatic rings. The fourth-order valence-corrected chi connectivity index (χ4v) is 1.97. The van der Waals surface area contributed by atoms with Gasteiger partial charge in [-0.25, -0.2) is 0 Å². The third-order valence-electron chi connectivity index (χ3n) is 3.18. The van der Waals surface area contributed by atoms with Crippen molar-refractivity contribution in [3.8, 4) is 0 Å². The lowest BCUT2D eigenvalue weighted by atomic mass is 10.2. The molecule has 1 aliphatic carbocycles. The van der Waals surface area contributed by atoms with Gasteiger partial charge in [-0.15, -0.1) is 0 Å². The highest BCUT2D eigenvalue weighted by molar-refractivity contribution is 5.78. The van der Waals surface area contributed by atoms with Crippen molar-refractivity contribution < 1.29 is 14.3 Å². The van der Waals surface area contributed by atoms with Crippen LogP contribution in [0.3, 0.4) is 0 Å². The number of aliphatic hydroxyl groups excluding tert-OH is 1. The first-order valence-corrected chi connectivity index (χ1v) is 6.43. The van der Waals surface area contributed by atoms with Crippen LogP contribution < -0.4 is 5.32 Å². The van der Waals surface area contributed by atoms with E-state index in [-0.39, 0.29) is 12.5 Å². The molecule has 1 aromatic heterocycles. The Morgan fingerprint density at radius 2 is 2.44 bits per heavy atom. The van der Waals surface area contributed by atoms with Crippen LogP contribution in [0.2, 0.25) is 0 Å². The van der Waals surface area contributed by atoms with Crippen LogP contribution >= 0.6 is 0 Å². The minimum Gasteiger partial charge on any atom is -0.467 e. The Balaban J connectivity index is 1.71. The molecule has 0 saturated heterocycles. The number of carbonyl (C=O) groups is 1. The van der Waals surface area contributed by atoms with Gasteiger partial charge in [0.05, 0.1) is 19.4 Å². The Kier molecular flexibility index (Phi) is 4.38. The molecule has 5 heteroatoms. The summed E-state index contributed by atoms with van der Waals surface area (Å²) in [5.74, 6) is 0.430. The average molecular weight is 252 g/mol. The minimum absolute atomic E-state index is 0.0469. The Morgan fingerprint density at radius 3 is 3.00 bits per heavy atom. The van der Waals surface area contributed by atoms with Crippen LogP contribution in [0.5, 0.6) is 0 Å². The van der Waals surface area contributed by atoms with E-state index < -0.39 is 6.10 Å². The predicted molar refractivity (Wildman–Crippen MR) is 66.9 cm³/mol. The Labute approximate surface area is 107 Å². The van der Waals surface area contributed by atoms with Crippen LogP contribution in [0.15, 0.2) is 22.8 Å². The first-order valence-electron chi connectivity index (χ1n) is 6.43. The summed E-state index contributed by atoms with van der Waals surface area (Å²) in [6.45, 7) is 3.54. The molecule has 18 heavy (non-hydrogen) atoms. The maximum absolute atomic E-state index is 11.7. The molecule has 1 heterocycles. The van der Waals surface area contributed by atoms with E-state index in [4.69, 9.17) is 4.42 Å². The largest absolute Gasteiger partial charge is 0.467 e. The molecule has 1 amide bonds. The summed E-state index contributed by atoms with van der Waals surface area (Å²) in [6, 6.07) is 3.99. The lowest BCUT2D eigenvalue weighted by Gasteiger charge is -2.19. The van der Waals surface area contributed by atoms with Gasteiger partial charge in [-0.3, -0.25) is 9.69 Å². The summed E-state index contributed by atoms with van der Waals surface area (Å²) in [7, 11) is 0. The summed E-state index contributed by atoms with van der Waals surface area (Å²) in [6.07, 6.45) is 3.11. The van der Waals surface area contributed by atoms with E-state index in [0.29, 0.717) is 18.3 Å². The number of aliphatic hydroxyl groups is 1. The molecule has 2 rings (SSSR count). The third kappa shape index (κ3) is 3.58. The molecular weight excluding hydrogens is 232 g/mol. The van der Waals surface area contributed by atoms with E-state index >= 15 is 0 Å². The van der Waals surface area contributed by atoms with Crippen LogP contribution in [-0.4, -0.2) is 41.6 Å². The molecule has 0 aliphatic heterocycles. The van der Waals surface area contributed by atoms with Gasteiger partial charge < -0.3 is 14.8 Å². The molecule has 1 aliphatic rings. The molecule has 0 aromatic carbocycles. The van der Waals surface area contributed by atoms with E-state index in [1.165, 1.54) is 19.1 Å². The molecule has 0 bridgehead atoms. The van der Waals surface area contributed by atoms with Gasteiger partial charge >= 0.3 is 0 Å². The predicted octanol–water partition coefficient (Wildman–Crippen LogP) is 0.913. The van der Waals surface area contributed by atoms with E-state index in [1.54, 1.807) is 12.1 Å². The van der Waals surface area contributed by atoms with Gasteiger partial charge in [0.1, 0.15) is 11.9 Å². The van der Waals surface area contributed by atoms with Crippen molar-refractivity contribution in [2.24, 2.45) is 0 Å². The SMILES string of the molecule is CCN(CC(=O)NCC(O)c1ccco1)C1CC1. The summed E-state index contributed by atoms with van der Waals surface area (Å²) < 4.78 is 5.07. The van der Waals surface area contributed by atoms with Gasteiger partial charge in [0.2, 0.25) is 5.91 Å². The third-order valence-corrected chi connectivity index (χ3v) is 3.18. The smallest absolute Gasteiger partial charge is 0.234 e. The van der Waals surface area contributed by atoms with Crippen LogP contribution in [0.25, 0.3) is 0 Å². The minimum atomic E-state index is -0.778. The van der Waals surface area contributed by atoms with Gasteiger partial charge in [-0.2, -0.15) is 0 Å². The van der Waals surface area contributed by atoms with E-state index in [2.05, 4.69) is 17.1 Å². The van der Waals surface area contributed by atoms with Crippen LogP contribution in [-0.2, 0) is 4.79 Å². The molecule has 1 atom stereocenters. The number of furan rings is 1. The van der Waals surface area contributed by atoms with Crippen LogP contribution in [0.1, 0.15) is 31.6 Å². The number of hydrogen-bond acceptors (Lipinski definition) is 4. The molecule has 100 valence electrons. The van der Waals surface area contributed by atoms with Crippen molar-refractivity contribution >= 4 is 5.91 Å². The second kappa shape index (κ2) is 6.02. The van der Waals surface area contributed by atoms with Crippen molar-refractivity contribution in [2.45, 2.75) is 31.9 Å². The maximum atomic E-state index is 11.7. The number of carbonyl (C=O) groups excluding carboxylic acids is 1. The number of nitrogens with one attached hydrogen (secondary N) is 1. The quantitative estimate of drug-likeness (QED) is 0.757.